The number of hydrogen-bond donors (Lipinski definition) is 2. The van der Waals surface area contributed by atoms with Crippen LogP contribution in [0.1, 0.15) is 174 Å². The third kappa shape index (κ3) is 22.5. The van der Waals surface area contributed by atoms with Crippen LogP contribution in [0, 0.1) is 6.92 Å². The molecule has 480 valence electrons. The summed E-state index contributed by atoms with van der Waals surface area (Å²) in [6.07, 6.45) is 17.0. The van der Waals surface area contributed by atoms with Crippen molar-refractivity contribution in [2.24, 2.45) is 0 Å². The van der Waals surface area contributed by atoms with Crippen molar-refractivity contribution in [2.45, 2.75) is 190 Å². The third-order valence-corrected chi connectivity index (χ3v) is 16.3. The second-order valence-corrected chi connectivity index (χ2v) is 28.7. The Balaban J connectivity index is 0.000000262. The molecule has 5 aromatic rings. The number of anilines is 2. The maximum atomic E-state index is 13.1. The molecule has 0 aliphatic carbocycles. The molecule has 0 unspecified atom stereocenters. The normalized spacial score (nSPS) is 14.4. The van der Waals surface area contributed by atoms with E-state index in [1.807, 2.05) is 125 Å². The topological polar surface area (TPSA) is 249 Å². The number of allylic oxidation sites excluding steroid dienone is 2. The van der Waals surface area contributed by atoms with Gasteiger partial charge in [-0.2, -0.15) is 16.8 Å². The van der Waals surface area contributed by atoms with E-state index in [4.69, 9.17) is 27.7 Å². The molecule has 0 saturated carbocycles. The fourth-order valence-electron chi connectivity index (χ4n) is 10.7. The summed E-state index contributed by atoms with van der Waals surface area (Å²) in [4.78, 5) is 64.6. The zero-order valence-electron chi connectivity index (χ0n) is 53.9. The second kappa shape index (κ2) is 30.4. The Labute approximate surface area is 520 Å². The van der Waals surface area contributed by atoms with Crippen LogP contribution in [0.2, 0.25) is 0 Å². The van der Waals surface area contributed by atoms with E-state index in [0.29, 0.717) is 82.3 Å². The minimum Gasteiger partial charge on any atom is -0.466 e. The highest BCUT2D eigenvalue weighted by molar-refractivity contribution is 7.86. The Bertz CT molecular complexity index is 3630. The zero-order chi connectivity index (χ0) is 65.6. The number of nitrogens with zero attached hydrogens (tertiary/aromatic N) is 4. The number of aromatic nitrogens is 2. The Kier molecular flexibility index (Phi) is 24.8. The van der Waals surface area contributed by atoms with Crippen LogP contribution in [0.4, 0.5) is 11.4 Å². The van der Waals surface area contributed by atoms with Crippen LogP contribution in [0.25, 0.3) is 33.2 Å². The van der Waals surface area contributed by atoms with Gasteiger partial charge in [0, 0.05) is 108 Å². The zero-order valence-corrected chi connectivity index (χ0v) is 55.5. The van der Waals surface area contributed by atoms with Crippen molar-refractivity contribution in [3.05, 3.63) is 130 Å². The fourth-order valence-corrected chi connectivity index (χ4v) is 11.8. The highest BCUT2D eigenvalue weighted by Crippen LogP contribution is 2.42. The highest BCUT2D eigenvalue weighted by Gasteiger charge is 2.34. The molecule has 2 N–H and O–H groups in total. The Morgan fingerprint density at radius 3 is 1.51 bits per heavy atom. The summed E-state index contributed by atoms with van der Waals surface area (Å²) in [5.74, 6) is -1.10. The molecule has 0 spiro atoms. The lowest BCUT2D eigenvalue weighted by molar-refractivity contribution is -0.697. The van der Waals surface area contributed by atoms with E-state index in [1.54, 1.807) is 6.92 Å². The van der Waals surface area contributed by atoms with Gasteiger partial charge in [0.1, 0.15) is 36.2 Å². The average molecular weight is 1260 g/mol. The predicted molar refractivity (Wildman–Crippen MR) is 343 cm³/mol. The molecule has 2 aliphatic heterocycles. The number of ether oxygens (including phenoxy) is 3. The third-order valence-electron chi connectivity index (χ3n) is 14.6. The highest BCUT2D eigenvalue weighted by atomic mass is 32.2. The van der Waals surface area contributed by atoms with Gasteiger partial charge in [-0.15, -0.1) is 0 Å². The molecule has 2 aliphatic rings. The van der Waals surface area contributed by atoms with Crippen LogP contribution in [0.5, 0.6) is 0 Å². The molecular formula is C67H92N4O15S2+2. The van der Waals surface area contributed by atoms with E-state index in [0.717, 1.165) is 75.0 Å². The summed E-state index contributed by atoms with van der Waals surface area (Å²) in [5.41, 5.74) is 8.92. The van der Waals surface area contributed by atoms with Crippen LogP contribution >= 0.6 is 0 Å². The molecule has 88 heavy (non-hydrogen) atoms. The first kappa shape index (κ1) is 71.7. The fraction of sp³-hybridized carbons (Fsp3) is 0.507. The van der Waals surface area contributed by atoms with Crippen molar-refractivity contribution in [3.8, 4) is 11.1 Å². The van der Waals surface area contributed by atoms with Gasteiger partial charge in [-0.25, -0.2) is 13.9 Å². The van der Waals surface area contributed by atoms with E-state index < -0.39 is 37.1 Å². The van der Waals surface area contributed by atoms with Gasteiger partial charge in [0.15, 0.2) is 24.8 Å². The minimum absolute atomic E-state index is 0.153. The molecule has 19 nitrogen and oxygen atoms in total. The smallest absolute Gasteiger partial charge is 0.344 e. The number of unbranched alkanes of at least 4 members (excludes halogenated alkanes) is 2. The maximum absolute atomic E-state index is 13.1. The lowest BCUT2D eigenvalue weighted by Gasteiger charge is -2.43. The molecule has 0 fully saturated rings. The molecule has 0 amide bonds. The first-order chi connectivity index (χ1) is 40.9. The predicted octanol–water partition coefficient (Wildman–Crippen LogP) is 11.2. The first-order valence-electron chi connectivity index (χ1n) is 30.0. The van der Waals surface area contributed by atoms with Gasteiger partial charge in [-0.1, -0.05) is 12.2 Å². The lowest BCUT2D eigenvalue weighted by atomic mass is 9.87. The Morgan fingerprint density at radius 1 is 0.625 bits per heavy atom. The molecule has 2 aromatic carbocycles. The Hall–Kier alpha value is -7.07. The van der Waals surface area contributed by atoms with Gasteiger partial charge in [0.2, 0.25) is 0 Å². The van der Waals surface area contributed by atoms with Crippen molar-refractivity contribution in [2.75, 3.05) is 41.0 Å². The summed E-state index contributed by atoms with van der Waals surface area (Å²) in [6.45, 7) is 30.8. The number of fused-ring (bicyclic) bond motifs is 3. The summed E-state index contributed by atoms with van der Waals surface area (Å²) in [6, 6.07) is 17.2. The van der Waals surface area contributed by atoms with Gasteiger partial charge >= 0.3 is 23.5 Å². The van der Waals surface area contributed by atoms with Crippen LogP contribution < -0.4 is 24.6 Å². The van der Waals surface area contributed by atoms with Crippen molar-refractivity contribution >= 4 is 77.9 Å². The molecule has 0 radical (unpaired) electrons. The van der Waals surface area contributed by atoms with Crippen molar-refractivity contribution < 1.29 is 72.9 Å². The van der Waals surface area contributed by atoms with Gasteiger partial charge in [0.05, 0.1) is 41.2 Å². The first-order valence-corrected chi connectivity index (χ1v) is 33.2. The summed E-state index contributed by atoms with van der Waals surface area (Å²) in [7, 11) is -7.82. The minimum atomic E-state index is -3.95. The number of aryl methyl sites for hydroxylation is 3. The average Bonchev–Trinajstić information content (AvgIpc) is 0.808. The van der Waals surface area contributed by atoms with Crippen LogP contribution in [-0.2, 0) is 68.3 Å². The summed E-state index contributed by atoms with van der Waals surface area (Å²) in [5, 5.41) is 0.812. The van der Waals surface area contributed by atoms with Crippen molar-refractivity contribution in [3.63, 3.8) is 0 Å². The van der Waals surface area contributed by atoms with Crippen LogP contribution in [-0.4, -0.2) is 104 Å². The second-order valence-electron chi connectivity index (χ2n) is 25.6. The van der Waals surface area contributed by atoms with Crippen LogP contribution in [0.3, 0.4) is 0 Å². The number of benzene rings is 2. The van der Waals surface area contributed by atoms with Crippen molar-refractivity contribution in [1.82, 2.24) is 0 Å². The Morgan fingerprint density at radius 2 is 1.07 bits per heavy atom. The molecule has 0 bridgehead atoms. The molecule has 21 heteroatoms. The maximum Gasteiger partial charge on any atom is 0.344 e. The molecule has 3 aromatic heterocycles. The number of pyridine rings is 2. The number of rotatable bonds is 23. The molecule has 5 heterocycles. The SMILES string of the molecule is CC1=CC(C)(C)N(CCCC(=O)OC(C)(C)C)c2cc(C)c(C=O)cc21.CC1=CC(C)(C)N(CCCC(=O)OC(C)(C)C)c2cc3oc(=O)c(-c4cc[n+](CCCCS(=O)(=O)O)cc4)cc3cc21.CCOC(=O)Cc1cc[n+](CCCCS(=O)(=O)O)cc1. The standard InChI is InChI=1S/C32H40N2O7S.C22H31NO3.C13H19NO5S/c1-22-21-32(5,6)34(14-9-10-29(35)41-31(2,3)4)27-20-28-24(18-25(22)27)19-26(30(36)40-28)23-11-15-33(16-12-23)13-7-8-17-42(37,38)39;1-15-11-19-18(12-17(15)14-24)16(2)13-22(6,7)23(19)10-8-9-20(25)26-21(3,4)5;1-2-19-13(15)11-12-5-8-14(9-6-12)7-3-4-10-20(16,17)18/h11-12,15-16,18-21H,7-10,13-14,17H2,1-6H3;11-14H,8-10H2,1-7H3;5-6,8-9H,2-4,7,10-11H2,1H3/p+2. The van der Waals surface area contributed by atoms with E-state index in [9.17, 15) is 40.8 Å². The summed E-state index contributed by atoms with van der Waals surface area (Å²) >= 11 is 0. The largest absolute Gasteiger partial charge is 0.466 e. The quantitative estimate of drug-likeness (QED) is 0.0117. The van der Waals surface area contributed by atoms with Gasteiger partial charge in [-0.05, 0) is 169 Å². The molecule has 7 rings (SSSR count). The summed E-state index contributed by atoms with van der Waals surface area (Å²) < 4.78 is 85.8. The number of esters is 3. The van der Waals surface area contributed by atoms with E-state index >= 15 is 0 Å². The number of carbonyl (C=O) groups is 4. The van der Waals surface area contributed by atoms with Gasteiger partial charge < -0.3 is 28.4 Å². The van der Waals surface area contributed by atoms with E-state index in [2.05, 4.69) is 75.6 Å². The molecule has 0 atom stereocenters. The van der Waals surface area contributed by atoms with Gasteiger partial charge in [-0.3, -0.25) is 28.3 Å². The lowest BCUT2D eigenvalue weighted by Crippen LogP contribution is -2.45. The van der Waals surface area contributed by atoms with E-state index in [-0.39, 0.29) is 46.9 Å². The molecular weight excluding hydrogens is 1160 g/mol. The monoisotopic (exact) mass is 1260 g/mol. The number of carbonyl (C=O) groups excluding carboxylic acids is 4. The van der Waals surface area contributed by atoms with Crippen LogP contribution in [0.15, 0.2) is 101 Å². The molecule has 0 saturated heterocycles. The number of aldehydes is 1. The van der Waals surface area contributed by atoms with Crippen molar-refractivity contribution in [1.29, 1.82) is 0 Å². The number of hydrogen-bond acceptors (Lipinski definition) is 15. The van der Waals surface area contributed by atoms with Gasteiger partial charge in [0.25, 0.3) is 20.2 Å². The van der Waals surface area contributed by atoms with E-state index in [1.165, 1.54) is 5.57 Å².